The van der Waals surface area contributed by atoms with Crippen LogP contribution < -0.4 is 92.4 Å². The zero-order valence-corrected chi connectivity index (χ0v) is 22.7. The van der Waals surface area contributed by atoms with Crippen LogP contribution >= 0.6 is 7.82 Å². The molecule has 0 unspecified atom stereocenters. The van der Waals surface area contributed by atoms with Crippen molar-refractivity contribution < 1.29 is 96.9 Å². The second-order valence-electron chi connectivity index (χ2n) is 5.90. The average molecular weight is 452 g/mol. The summed E-state index contributed by atoms with van der Waals surface area (Å²) in [6, 6.07) is 6.92. The molecule has 0 atom stereocenters. The average Bonchev–Trinajstić information content (AvgIpc) is 3.10. The molecule has 0 bridgehead atoms. The van der Waals surface area contributed by atoms with E-state index in [1.54, 1.807) is 24.3 Å². The van der Waals surface area contributed by atoms with Crippen molar-refractivity contribution in [2.45, 2.75) is 6.42 Å². The molecule has 3 rings (SSSR count). The largest absolute Gasteiger partial charge is 1.00 e. The van der Waals surface area contributed by atoms with Gasteiger partial charge in [0.1, 0.15) is 7.82 Å². The number of methoxy groups -OCH3 is 4. The standard InChI is InChI=1S/C19H21O8P.2Na/c1-23-15-8-7-13-12(5-6-14(13)18(15)27-28(20,21)22)11-9-16(24-2)19(26-4)17(10-11)25-3;;/h5,7-10H,6H2,1-4H3,(H2,20,21,22);;/q;2*+1/p-2. The van der Waals surface area contributed by atoms with Crippen molar-refractivity contribution in [2.75, 3.05) is 28.4 Å². The van der Waals surface area contributed by atoms with Gasteiger partial charge in [-0.15, -0.1) is 0 Å². The molecule has 0 fully saturated rings. The molecule has 150 valence electrons. The van der Waals surface area contributed by atoms with E-state index >= 15 is 0 Å². The maximum absolute atomic E-state index is 11.2. The van der Waals surface area contributed by atoms with Crippen LogP contribution in [0, 0.1) is 0 Å². The van der Waals surface area contributed by atoms with E-state index in [1.165, 1.54) is 28.4 Å². The molecule has 0 spiro atoms. The Bertz CT molecular complexity index is 962. The van der Waals surface area contributed by atoms with Gasteiger partial charge in [0.05, 0.1) is 28.4 Å². The first-order valence-corrected chi connectivity index (χ1v) is 9.71. The van der Waals surface area contributed by atoms with Gasteiger partial charge in [-0.2, -0.15) is 0 Å². The van der Waals surface area contributed by atoms with Crippen LogP contribution in [0.1, 0.15) is 16.7 Å². The van der Waals surface area contributed by atoms with Crippen LogP contribution in [0.2, 0.25) is 0 Å². The number of benzene rings is 2. The minimum Gasteiger partial charge on any atom is -0.780 e. The maximum atomic E-state index is 11.2. The Hall–Kier alpha value is -0.670. The van der Waals surface area contributed by atoms with Crippen molar-refractivity contribution >= 4 is 13.4 Å². The molecule has 0 amide bonds. The van der Waals surface area contributed by atoms with E-state index in [0.29, 0.717) is 29.2 Å². The van der Waals surface area contributed by atoms with Crippen LogP contribution in [0.25, 0.3) is 5.57 Å². The molecule has 1 aliphatic carbocycles. The quantitative estimate of drug-likeness (QED) is 0.308. The summed E-state index contributed by atoms with van der Waals surface area (Å²) < 4.78 is 37.2. The molecule has 0 heterocycles. The van der Waals surface area contributed by atoms with E-state index in [1.807, 2.05) is 6.08 Å². The SMILES string of the molecule is COc1cc(C2=CCc3c2ccc(OC)c3OP(=O)([O-])[O-])cc(OC)c1OC.[Na+].[Na+]. The monoisotopic (exact) mass is 452 g/mol. The maximum Gasteiger partial charge on any atom is 1.00 e. The van der Waals surface area contributed by atoms with Gasteiger partial charge in [0.15, 0.2) is 23.0 Å². The van der Waals surface area contributed by atoms with Gasteiger partial charge in [-0.25, -0.2) is 0 Å². The number of rotatable bonds is 7. The molecule has 2 aromatic rings. The fraction of sp³-hybridized carbons (Fsp3) is 0.263. The topological polar surface area (TPSA) is 109 Å². The van der Waals surface area contributed by atoms with Gasteiger partial charge in [0.25, 0.3) is 0 Å². The second kappa shape index (κ2) is 11.3. The van der Waals surface area contributed by atoms with Crippen LogP contribution in [0.15, 0.2) is 30.3 Å². The predicted octanol–water partition coefficient (Wildman–Crippen LogP) is -4.08. The van der Waals surface area contributed by atoms with E-state index in [2.05, 4.69) is 0 Å². The molecule has 0 radical (unpaired) electrons. The molecular formula is C19H19Na2O8P. The number of hydrogen-bond donors (Lipinski definition) is 0. The second-order valence-corrected chi connectivity index (χ2v) is 6.97. The van der Waals surface area contributed by atoms with E-state index in [0.717, 1.165) is 16.7 Å². The third kappa shape index (κ3) is 5.57. The van der Waals surface area contributed by atoms with Gasteiger partial charge >= 0.3 is 59.1 Å². The first-order valence-electron chi connectivity index (χ1n) is 8.25. The third-order valence-electron chi connectivity index (χ3n) is 4.42. The summed E-state index contributed by atoms with van der Waals surface area (Å²) in [6.07, 6.45) is 2.27. The van der Waals surface area contributed by atoms with Gasteiger partial charge in [-0.3, -0.25) is 0 Å². The Balaban J connectivity index is 0.00000225. The molecule has 0 saturated carbocycles. The zero-order chi connectivity index (χ0) is 20.5. The summed E-state index contributed by atoms with van der Waals surface area (Å²) in [7, 11) is 0.689. The normalized spacial score (nSPS) is 12.0. The molecule has 1 aliphatic rings. The van der Waals surface area contributed by atoms with E-state index in [4.69, 9.17) is 23.5 Å². The molecule has 0 saturated heterocycles. The van der Waals surface area contributed by atoms with Crippen molar-refractivity contribution in [3.63, 3.8) is 0 Å². The van der Waals surface area contributed by atoms with Gasteiger partial charge in [0.2, 0.25) is 5.75 Å². The molecule has 11 heteroatoms. The molecule has 2 aromatic carbocycles. The third-order valence-corrected chi connectivity index (χ3v) is 4.83. The van der Waals surface area contributed by atoms with Gasteiger partial charge in [-0.05, 0) is 41.3 Å². The molecule has 30 heavy (non-hydrogen) atoms. The van der Waals surface area contributed by atoms with E-state index in [9.17, 15) is 14.4 Å². The molecule has 0 N–H and O–H groups in total. The summed E-state index contributed by atoms with van der Waals surface area (Å²) in [5, 5.41) is 0. The van der Waals surface area contributed by atoms with Gasteiger partial charge < -0.3 is 37.8 Å². The number of hydrogen-bond acceptors (Lipinski definition) is 8. The number of allylic oxidation sites excluding steroid dienone is 1. The summed E-state index contributed by atoms with van der Waals surface area (Å²) in [6.45, 7) is 0. The fourth-order valence-corrected chi connectivity index (χ4v) is 3.68. The Morgan fingerprint density at radius 2 is 1.40 bits per heavy atom. The first kappa shape index (κ1) is 27.4. The van der Waals surface area contributed by atoms with E-state index < -0.39 is 7.82 Å². The molecular weight excluding hydrogens is 433 g/mol. The molecule has 8 nitrogen and oxygen atoms in total. The van der Waals surface area contributed by atoms with Crippen molar-refractivity contribution in [3.8, 4) is 28.7 Å². The van der Waals surface area contributed by atoms with Crippen LogP contribution in [0.3, 0.4) is 0 Å². The van der Waals surface area contributed by atoms with Crippen LogP contribution in [-0.4, -0.2) is 28.4 Å². The molecule has 0 aliphatic heterocycles. The van der Waals surface area contributed by atoms with E-state index in [-0.39, 0.29) is 70.6 Å². The summed E-state index contributed by atoms with van der Waals surface area (Å²) >= 11 is 0. The minimum absolute atomic E-state index is 0. The Labute approximate surface area is 219 Å². The summed E-state index contributed by atoms with van der Waals surface area (Å²) in [4.78, 5) is 22.4. The van der Waals surface area contributed by atoms with Crippen molar-refractivity contribution in [1.82, 2.24) is 0 Å². The van der Waals surface area contributed by atoms with Crippen LogP contribution in [0.4, 0.5) is 0 Å². The number of phosphoric acid groups is 1. The first-order chi connectivity index (χ1) is 13.3. The molecule has 0 aromatic heterocycles. The minimum atomic E-state index is -5.25. The Morgan fingerprint density at radius 3 is 1.87 bits per heavy atom. The summed E-state index contributed by atoms with van der Waals surface area (Å²) in [5.74, 6) is 1.52. The van der Waals surface area contributed by atoms with Crippen molar-refractivity contribution in [1.29, 1.82) is 0 Å². The number of phosphoric ester groups is 1. The number of ether oxygens (including phenoxy) is 4. The smallest absolute Gasteiger partial charge is 0.780 e. The number of fused-ring (bicyclic) bond motifs is 1. The van der Waals surface area contributed by atoms with Crippen molar-refractivity contribution in [2.24, 2.45) is 0 Å². The Morgan fingerprint density at radius 1 is 0.833 bits per heavy atom. The van der Waals surface area contributed by atoms with Crippen LogP contribution in [0.5, 0.6) is 28.7 Å². The van der Waals surface area contributed by atoms with Gasteiger partial charge in [-0.1, -0.05) is 12.1 Å². The van der Waals surface area contributed by atoms with Gasteiger partial charge in [0, 0.05) is 5.56 Å². The zero-order valence-electron chi connectivity index (χ0n) is 17.8. The predicted molar refractivity (Wildman–Crippen MR) is 98.1 cm³/mol. The Kier molecular flexibility index (Phi) is 10.3. The van der Waals surface area contributed by atoms with Crippen molar-refractivity contribution in [3.05, 3.63) is 47.0 Å². The fourth-order valence-electron chi connectivity index (χ4n) is 3.26. The van der Waals surface area contributed by atoms with Crippen LogP contribution in [-0.2, 0) is 11.0 Å². The summed E-state index contributed by atoms with van der Waals surface area (Å²) in [5.41, 5.74) is 2.86.